The number of nitrogens with zero attached hydrogens (tertiary/aromatic N) is 1. The molecule has 0 unspecified atom stereocenters. The molecule has 4 nitrogen and oxygen atoms in total. The van der Waals surface area contributed by atoms with E-state index < -0.39 is 0 Å². The molecule has 4 rings (SSSR count). The normalized spacial score (nSPS) is 22.7. The number of benzene rings is 2. The lowest BCUT2D eigenvalue weighted by molar-refractivity contribution is -0.149. The number of hydrogen-bond donors (Lipinski definition) is 0. The Morgan fingerprint density at radius 1 is 0.938 bits per heavy atom. The van der Waals surface area contributed by atoms with E-state index in [9.17, 15) is 4.79 Å². The van der Waals surface area contributed by atoms with Crippen LogP contribution in [0.3, 0.4) is 0 Å². The lowest BCUT2D eigenvalue weighted by atomic mass is 9.85. The summed E-state index contributed by atoms with van der Waals surface area (Å²) in [5.74, 6) is 1.96. The van der Waals surface area contributed by atoms with Crippen LogP contribution in [0.15, 0.2) is 36.4 Å². The van der Waals surface area contributed by atoms with Gasteiger partial charge in [-0.3, -0.25) is 9.69 Å². The molecule has 0 spiro atoms. The van der Waals surface area contributed by atoms with Gasteiger partial charge in [0.15, 0.2) is 0 Å². The van der Waals surface area contributed by atoms with E-state index in [4.69, 9.17) is 9.47 Å². The Balaban J connectivity index is 1.30. The number of ether oxygens (including phenoxy) is 2. The van der Waals surface area contributed by atoms with Gasteiger partial charge in [-0.2, -0.15) is 0 Å². The van der Waals surface area contributed by atoms with Crippen LogP contribution in [0.5, 0.6) is 5.75 Å². The lowest BCUT2D eigenvalue weighted by Crippen LogP contribution is -2.36. The minimum Gasteiger partial charge on any atom is -0.490 e. The van der Waals surface area contributed by atoms with Gasteiger partial charge in [0.2, 0.25) is 0 Å². The van der Waals surface area contributed by atoms with E-state index in [0.717, 1.165) is 44.1 Å². The zero-order valence-electron chi connectivity index (χ0n) is 19.9. The van der Waals surface area contributed by atoms with Gasteiger partial charge in [-0.05, 0) is 99.0 Å². The van der Waals surface area contributed by atoms with Crippen molar-refractivity contribution in [1.29, 1.82) is 0 Å². The molecule has 1 aliphatic heterocycles. The molecule has 0 N–H and O–H groups in total. The molecule has 32 heavy (non-hydrogen) atoms. The molecule has 0 radical (unpaired) electrons. The number of piperidine rings is 1. The summed E-state index contributed by atoms with van der Waals surface area (Å²) in [6.07, 6.45) is 9.84. The molecule has 0 aromatic heterocycles. The zero-order valence-corrected chi connectivity index (χ0v) is 19.9. The Hall–Kier alpha value is -2.07. The SMILES string of the molecule is CCCC1CCC(Oc2ccc3cc(CN4CCC(C(=O)OCC)CC4)ccc3c2)CC1. The summed E-state index contributed by atoms with van der Waals surface area (Å²) < 4.78 is 11.5. The molecular formula is C28H39NO3. The van der Waals surface area contributed by atoms with Crippen LogP contribution >= 0.6 is 0 Å². The monoisotopic (exact) mass is 437 g/mol. The first-order valence-electron chi connectivity index (χ1n) is 12.7. The molecule has 0 bridgehead atoms. The van der Waals surface area contributed by atoms with Gasteiger partial charge in [0, 0.05) is 6.54 Å². The van der Waals surface area contributed by atoms with Gasteiger partial charge in [-0.15, -0.1) is 0 Å². The average Bonchev–Trinajstić information content (AvgIpc) is 2.81. The number of rotatable bonds is 8. The van der Waals surface area contributed by atoms with Crippen molar-refractivity contribution in [1.82, 2.24) is 4.90 Å². The van der Waals surface area contributed by atoms with E-state index in [0.29, 0.717) is 12.7 Å². The maximum Gasteiger partial charge on any atom is 0.309 e. The molecule has 2 fully saturated rings. The third-order valence-electron chi connectivity index (χ3n) is 7.28. The second kappa shape index (κ2) is 11.2. The summed E-state index contributed by atoms with van der Waals surface area (Å²) in [5.41, 5.74) is 1.33. The van der Waals surface area contributed by atoms with Crippen molar-refractivity contribution in [3.05, 3.63) is 42.0 Å². The molecule has 2 aromatic rings. The van der Waals surface area contributed by atoms with Crippen LogP contribution in [0, 0.1) is 11.8 Å². The predicted molar refractivity (Wildman–Crippen MR) is 130 cm³/mol. The molecule has 2 aliphatic rings. The highest BCUT2D eigenvalue weighted by Crippen LogP contribution is 2.31. The van der Waals surface area contributed by atoms with Crippen LogP contribution < -0.4 is 4.74 Å². The zero-order chi connectivity index (χ0) is 22.3. The van der Waals surface area contributed by atoms with Crippen molar-refractivity contribution in [2.75, 3.05) is 19.7 Å². The lowest BCUT2D eigenvalue weighted by Gasteiger charge is -2.30. The first kappa shape index (κ1) is 23.1. The van der Waals surface area contributed by atoms with E-state index in [1.54, 1.807) is 0 Å². The van der Waals surface area contributed by atoms with Crippen LogP contribution in [0.1, 0.15) is 70.8 Å². The number of likely N-dealkylation sites (tertiary alicyclic amines) is 1. The van der Waals surface area contributed by atoms with E-state index in [-0.39, 0.29) is 11.9 Å². The fourth-order valence-electron chi connectivity index (χ4n) is 5.43. The summed E-state index contributed by atoms with van der Waals surface area (Å²) in [7, 11) is 0. The molecule has 174 valence electrons. The third-order valence-corrected chi connectivity index (χ3v) is 7.28. The van der Waals surface area contributed by atoms with Gasteiger partial charge >= 0.3 is 5.97 Å². The van der Waals surface area contributed by atoms with Crippen LogP contribution in [-0.4, -0.2) is 36.7 Å². The Kier molecular flexibility index (Phi) is 8.07. The van der Waals surface area contributed by atoms with Crippen LogP contribution in [-0.2, 0) is 16.1 Å². The Morgan fingerprint density at radius 2 is 1.66 bits per heavy atom. The number of hydrogen-bond acceptors (Lipinski definition) is 4. The van der Waals surface area contributed by atoms with Crippen molar-refractivity contribution < 1.29 is 14.3 Å². The number of carbonyl (C=O) groups excluding carboxylic acids is 1. The number of carbonyl (C=O) groups is 1. The van der Waals surface area contributed by atoms with Gasteiger partial charge in [0.05, 0.1) is 18.6 Å². The summed E-state index contributed by atoms with van der Waals surface area (Å²) in [5, 5.41) is 2.51. The van der Waals surface area contributed by atoms with E-state index >= 15 is 0 Å². The van der Waals surface area contributed by atoms with E-state index in [1.165, 1.54) is 54.9 Å². The maximum atomic E-state index is 12.0. The minimum absolute atomic E-state index is 0.0233. The molecule has 1 heterocycles. The molecule has 1 saturated carbocycles. The van der Waals surface area contributed by atoms with Crippen LogP contribution in [0.25, 0.3) is 10.8 Å². The quantitative estimate of drug-likeness (QED) is 0.451. The summed E-state index contributed by atoms with van der Waals surface area (Å²) in [6.45, 7) is 7.48. The molecule has 4 heteroatoms. The number of esters is 1. The van der Waals surface area contributed by atoms with Crippen molar-refractivity contribution in [3.8, 4) is 5.75 Å². The smallest absolute Gasteiger partial charge is 0.309 e. The highest BCUT2D eigenvalue weighted by Gasteiger charge is 2.26. The molecule has 2 aromatic carbocycles. The highest BCUT2D eigenvalue weighted by molar-refractivity contribution is 5.84. The van der Waals surface area contributed by atoms with Crippen LogP contribution in [0.4, 0.5) is 0 Å². The third kappa shape index (κ3) is 6.04. The molecule has 0 atom stereocenters. The van der Waals surface area contributed by atoms with Crippen molar-refractivity contribution in [3.63, 3.8) is 0 Å². The van der Waals surface area contributed by atoms with Gasteiger partial charge in [-0.25, -0.2) is 0 Å². The number of fused-ring (bicyclic) bond motifs is 1. The topological polar surface area (TPSA) is 38.8 Å². The van der Waals surface area contributed by atoms with Gasteiger partial charge in [-0.1, -0.05) is 38.0 Å². The summed E-state index contributed by atoms with van der Waals surface area (Å²) in [6, 6.07) is 13.3. The Bertz CT molecular complexity index is 879. The standard InChI is InChI=1S/C28H39NO3/c1-3-5-21-7-11-26(12-8-21)32-27-13-10-24-18-22(6-9-25(24)19-27)20-29-16-14-23(15-17-29)28(30)31-4-2/h6,9-10,13,18-19,21,23,26H,3-5,7-8,11-12,14-17,20H2,1-2H3. The van der Waals surface area contributed by atoms with E-state index in [1.807, 2.05) is 6.92 Å². The Labute approximate surface area is 193 Å². The fourth-order valence-corrected chi connectivity index (χ4v) is 5.43. The minimum atomic E-state index is -0.0233. The van der Waals surface area contributed by atoms with Crippen molar-refractivity contribution in [2.45, 2.75) is 77.9 Å². The Morgan fingerprint density at radius 3 is 2.38 bits per heavy atom. The maximum absolute atomic E-state index is 12.0. The van der Waals surface area contributed by atoms with Crippen molar-refractivity contribution >= 4 is 16.7 Å². The van der Waals surface area contributed by atoms with Gasteiger partial charge < -0.3 is 9.47 Å². The molecule has 0 amide bonds. The molecular weight excluding hydrogens is 398 g/mol. The van der Waals surface area contributed by atoms with Gasteiger partial charge in [0.1, 0.15) is 5.75 Å². The summed E-state index contributed by atoms with van der Waals surface area (Å²) >= 11 is 0. The summed E-state index contributed by atoms with van der Waals surface area (Å²) in [4.78, 5) is 14.4. The molecule has 1 aliphatic carbocycles. The fraction of sp³-hybridized carbons (Fsp3) is 0.607. The largest absolute Gasteiger partial charge is 0.490 e. The second-order valence-corrected chi connectivity index (χ2v) is 9.70. The van der Waals surface area contributed by atoms with Crippen molar-refractivity contribution in [2.24, 2.45) is 11.8 Å². The predicted octanol–water partition coefficient (Wildman–Crippen LogP) is 6.35. The molecule has 1 saturated heterocycles. The second-order valence-electron chi connectivity index (χ2n) is 9.70. The average molecular weight is 438 g/mol. The first-order chi connectivity index (χ1) is 15.6. The van der Waals surface area contributed by atoms with Gasteiger partial charge in [0.25, 0.3) is 0 Å². The first-order valence-corrected chi connectivity index (χ1v) is 12.7. The van der Waals surface area contributed by atoms with E-state index in [2.05, 4.69) is 48.2 Å². The highest BCUT2D eigenvalue weighted by atomic mass is 16.5. The van der Waals surface area contributed by atoms with Crippen LogP contribution in [0.2, 0.25) is 0 Å².